The number of carbonyl (C=O) groups is 2. The molecule has 0 spiro atoms. The van der Waals surface area contributed by atoms with Crippen LogP contribution in [0.1, 0.15) is 25.7 Å². The van der Waals surface area contributed by atoms with Crippen molar-refractivity contribution in [3.05, 3.63) is 18.7 Å². The average molecular weight is 492 g/mol. The van der Waals surface area contributed by atoms with Crippen molar-refractivity contribution >= 4 is 11.9 Å². The van der Waals surface area contributed by atoms with E-state index in [1.165, 1.54) is 12.8 Å². The van der Waals surface area contributed by atoms with Gasteiger partial charge in [-0.15, -0.1) is 0 Å². The van der Waals surface area contributed by atoms with Gasteiger partial charge >= 0.3 is 5.97 Å². The highest BCUT2D eigenvalue weighted by Crippen LogP contribution is 2.23. The number of likely N-dealkylation sites (N-methyl/N-ethyl adjacent to an activating group) is 4. The van der Waals surface area contributed by atoms with Gasteiger partial charge in [0.2, 0.25) is 5.91 Å². The number of piperazine rings is 2. The van der Waals surface area contributed by atoms with Crippen molar-refractivity contribution in [2.24, 2.45) is 5.92 Å². The summed E-state index contributed by atoms with van der Waals surface area (Å²) in [6.45, 7) is 8.25. The maximum absolute atomic E-state index is 12.8. The number of carboxylic acids is 1. The molecule has 4 rings (SSSR count). The molecule has 3 saturated heterocycles. The molecule has 3 aliphatic rings. The summed E-state index contributed by atoms with van der Waals surface area (Å²) in [5.74, 6) is 0.379. The summed E-state index contributed by atoms with van der Waals surface area (Å²) in [5, 5.41) is 8.76. The molecule has 198 valence electrons. The fourth-order valence-corrected chi connectivity index (χ4v) is 5.19. The summed E-state index contributed by atoms with van der Waals surface area (Å²) < 4.78 is 2.15. The number of carboxylic acid groups (broad SMARTS) is 1. The highest BCUT2D eigenvalue weighted by atomic mass is 16.4. The number of likely N-dealkylation sites (tertiary alicyclic amines) is 1. The van der Waals surface area contributed by atoms with Gasteiger partial charge in [0.05, 0.1) is 6.33 Å². The molecule has 2 atom stereocenters. The molecule has 0 aromatic carbocycles. The smallest absolute Gasteiger partial charge is 0.322 e. The first-order chi connectivity index (χ1) is 16.7. The van der Waals surface area contributed by atoms with E-state index in [0.717, 1.165) is 71.1 Å². The Hall–Kier alpha value is -2.01. The molecule has 2 unspecified atom stereocenters. The predicted molar refractivity (Wildman–Crippen MR) is 136 cm³/mol. The second kappa shape index (κ2) is 13.3. The largest absolute Gasteiger partial charge is 0.480 e. The van der Waals surface area contributed by atoms with Gasteiger partial charge in [-0.1, -0.05) is 0 Å². The lowest BCUT2D eigenvalue weighted by molar-refractivity contribution is -0.144. The normalized spacial score (nSPS) is 25.8. The first-order valence-electron chi connectivity index (χ1n) is 13.0. The van der Waals surface area contributed by atoms with Crippen molar-refractivity contribution in [1.82, 2.24) is 34.1 Å². The van der Waals surface area contributed by atoms with E-state index in [9.17, 15) is 9.59 Å². The summed E-state index contributed by atoms with van der Waals surface area (Å²) in [7, 11) is 7.99. The lowest BCUT2D eigenvalue weighted by Crippen LogP contribution is -2.58. The van der Waals surface area contributed by atoms with Gasteiger partial charge in [0, 0.05) is 71.3 Å². The van der Waals surface area contributed by atoms with Crippen LogP contribution in [0.5, 0.6) is 0 Å². The molecule has 3 fully saturated rings. The molecular formula is C25H45N7O3. The van der Waals surface area contributed by atoms with E-state index in [1.54, 1.807) is 0 Å². The standard InChI is InChI=1S/C18H31N5O.C7H14N2O2/c1-20-12-13-21(2)17(14-20)18(24)23-9-5-16(6-10-23)4-3-8-22-11-7-19-15-22;1-8-3-4-9(2)6(5-8)7(10)11/h7,11,15-17H,3-6,8-10,12-14H2,1-2H3;6H,3-5H2,1-2H3,(H,10,11). The maximum Gasteiger partial charge on any atom is 0.322 e. The van der Waals surface area contributed by atoms with Crippen LogP contribution >= 0.6 is 0 Å². The minimum Gasteiger partial charge on any atom is -0.480 e. The number of hydrogen-bond acceptors (Lipinski definition) is 7. The van der Waals surface area contributed by atoms with E-state index in [0.29, 0.717) is 12.5 Å². The Kier molecular flexibility index (Phi) is 10.5. The van der Waals surface area contributed by atoms with Crippen LogP contribution < -0.4 is 0 Å². The van der Waals surface area contributed by atoms with Crippen molar-refractivity contribution in [1.29, 1.82) is 0 Å². The van der Waals surface area contributed by atoms with E-state index < -0.39 is 5.97 Å². The monoisotopic (exact) mass is 491 g/mol. The minimum atomic E-state index is -0.723. The minimum absolute atomic E-state index is 0.0431. The van der Waals surface area contributed by atoms with E-state index in [1.807, 2.05) is 42.6 Å². The predicted octanol–water partition coefficient (Wildman–Crippen LogP) is 0.465. The van der Waals surface area contributed by atoms with Crippen LogP contribution in [0.15, 0.2) is 18.7 Å². The van der Waals surface area contributed by atoms with Gasteiger partial charge in [-0.05, 0) is 59.8 Å². The lowest BCUT2D eigenvalue weighted by atomic mass is 9.91. The van der Waals surface area contributed by atoms with E-state index in [2.05, 4.69) is 38.3 Å². The molecule has 10 nitrogen and oxygen atoms in total. The number of piperidine rings is 1. The van der Waals surface area contributed by atoms with Crippen LogP contribution in [-0.4, -0.2) is 144 Å². The number of aliphatic carboxylic acids is 1. The summed E-state index contributed by atoms with van der Waals surface area (Å²) >= 11 is 0. The average Bonchev–Trinajstić information content (AvgIpc) is 3.36. The number of rotatable bonds is 6. The zero-order valence-electron chi connectivity index (χ0n) is 22.1. The van der Waals surface area contributed by atoms with Crippen LogP contribution in [0.4, 0.5) is 0 Å². The molecule has 1 amide bonds. The Labute approximate surface area is 210 Å². The number of carbonyl (C=O) groups excluding carboxylic acids is 1. The molecule has 3 aliphatic heterocycles. The van der Waals surface area contributed by atoms with E-state index >= 15 is 0 Å². The molecule has 0 aliphatic carbocycles. The van der Waals surface area contributed by atoms with Crippen molar-refractivity contribution in [3.8, 4) is 0 Å². The third kappa shape index (κ3) is 8.27. The molecule has 1 aromatic rings. The van der Waals surface area contributed by atoms with Crippen LogP contribution in [0, 0.1) is 5.92 Å². The number of aryl methyl sites for hydroxylation is 1. The van der Waals surface area contributed by atoms with E-state index in [4.69, 9.17) is 5.11 Å². The molecule has 10 heteroatoms. The quantitative estimate of drug-likeness (QED) is 0.614. The zero-order chi connectivity index (χ0) is 25.4. The first-order valence-corrected chi connectivity index (χ1v) is 13.0. The molecule has 1 aromatic heterocycles. The van der Waals surface area contributed by atoms with E-state index in [-0.39, 0.29) is 12.1 Å². The molecule has 35 heavy (non-hydrogen) atoms. The third-order valence-corrected chi connectivity index (χ3v) is 7.79. The summed E-state index contributed by atoms with van der Waals surface area (Å²) in [6.07, 6.45) is 10.5. The summed E-state index contributed by atoms with van der Waals surface area (Å²) in [5.41, 5.74) is 0. The molecule has 0 saturated carbocycles. The Morgan fingerprint density at radius 1 is 0.886 bits per heavy atom. The van der Waals surface area contributed by atoms with Crippen molar-refractivity contribution in [2.45, 2.75) is 44.3 Å². The van der Waals surface area contributed by atoms with Crippen LogP contribution in [0.2, 0.25) is 0 Å². The lowest BCUT2D eigenvalue weighted by Gasteiger charge is -2.41. The SMILES string of the molecule is CN1CCN(C)C(C(=O)N2CCC(CCCn3ccnc3)CC2)C1.CN1CCN(C)C(C(=O)O)C1. The number of imidazole rings is 1. The second-order valence-corrected chi connectivity index (χ2v) is 10.6. The van der Waals surface area contributed by atoms with Gasteiger partial charge in [0.25, 0.3) is 0 Å². The van der Waals surface area contributed by atoms with Gasteiger partial charge in [0.15, 0.2) is 0 Å². The molecular weight excluding hydrogens is 446 g/mol. The van der Waals surface area contributed by atoms with Crippen LogP contribution in [-0.2, 0) is 16.1 Å². The van der Waals surface area contributed by atoms with Gasteiger partial charge in [-0.2, -0.15) is 0 Å². The highest BCUT2D eigenvalue weighted by molar-refractivity contribution is 5.82. The number of nitrogens with zero attached hydrogens (tertiary/aromatic N) is 7. The summed E-state index contributed by atoms with van der Waals surface area (Å²) in [4.78, 5) is 38.1. The third-order valence-electron chi connectivity index (χ3n) is 7.79. The second-order valence-electron chi connectivity index (χ2n) is 10.6. The van der Waals surface area contributed by atoms with Crippen molar-refractivity contribution in [3.63, 3.8) is 0 Å². The first kappa shape index (κ1) is 27.6. The van der Waals surface area contributed by atoms with Gasteiger partial charge in [-0.3, -0.25) is 19.4 Å². The zero-order valence-corrected chi connectivity index (χ0v) is 22.1. The fourth-order valence-electron chi connectivity index (χ4n) is 5.19. The van der Waals surface area contributed by atoms with Crippen LogP contribution in [0.25, 0.3) is 0 Å². The number of amides is 1. The topological polar surface area (TPSA) is 88.4 Å². The highest BCUT2D eigenvalue weighted by Gasteiger charge is 2.33. The van der Waals surface area contributed by atoms with Gasteiger partial charge < -0.3 is 24.4 Å². The Morgan fingerprint density at radius 3 is 2.03 bits per heavy atom. The fraction of sp³-hybridized carbons (Fsp3) is 0.800. The van der Waals surface area contributed by atoms with Gasteiger partial charge in [-0.25, -0.2) is 4.98 Å². The van der Waals surface area contributed by atoms with Crippen molar-refractivity contribution in [2.75, 3.05) is 80.5 Å². The number of aromatic nitrogens is 2. The van der Waals surface area contributed by atoms with Crippen LogP contribution in [0.3, 0.4) is 0 Å². The molecule has 0 bridgehead atoms. The Balaban J connectivity index is 0.000000261. The van der Waals surface area contributed by atoms with Crippen molar-refractivity contribution < 1.29 is 14.7 Å². The number of hydrogen-bond donors (Lipinski definition) is 1. The maximum atomic E-state index is 12.8. The summed E-state index contributed by atoms with van der Waals surface area (Å²) in [6, 6.07) is -0.282. The molecule has 4 heterocycles. The Morgan fingerprint density at radius 2 is 1.49 bits per heavy atom. The molecule has 0 radical (unpaired) electrons. The Bertz CT molecular complexity index is 782. The molecule has 1 N–H and O–H groups in total. The van der Waals surface area contributed by atoms with Gasteiger partial charge in [0.1, 0.15) is 12.1 Å².